The van der Waals surface area contributed by atoms with Gasteiger partial charge in [-0.25, -0.2) is 0 Å². The standard InChI is InChI=1S/C10H7N/c1-8-6-9-4-2-3-5-10(9)7-11-8/h3,5-7H,1H3. The minimum absolute atomic E-state index is 1.02. The first-order valence-corrected chi connectivity index (χ1v) is 3.51. The molecular weight excluding hydrogens is 134 g/mol. The lowest BCUT2D eigenvalue weighted by Gasteiger charge is -1.90. The van der Waals surface area contributed by atoms with Crippen LogP contribution in [0.1, 0.15) is 5.69 Å². The summed E-state index contributed by atoms with van der Waals surface area (Å²) in [7, 11) is 0. The highest BCUT2D eigenvalue weighted by Gasteiger charge is 1.87. The van der Waals surface area contributed by atoms with Crippen molar-refractivity contribution < 1.29 is 0 Å². The number of fused-ring (bicyclic) bond motifs is 1. The van der Waals surface area contributed by atoms with Crippen LogP contribution in [0.15, 0.2) is 24.1 Å². The average molecular weight is 141 g/mol. The van der Waals surface area contributed by atoms with Crippen LogP contribution in [-0.2, 0) is 0 Å². The van der Waals surface area contributed by atoms with Gasteiger partial charge in [-0.15, -0.1) is 0 Å². The van der Waals surface area contributed by atoms with Gasteiger partial charge in [-0.1, -0.05) is 11.5 Å². The Hall–Kier alpha value is -1.55. The summed E-state index contributed by atoms with van der Waals surface area (Å²) in [4.78, 5) is 4.17. The molecule has 1 heterocycles. The lowest BCUT2D eigenvalue weighted by molar-refractivity contribution is 1.17. The third kappa shape index (κ3) is 1.03. The van der Waals surface area contributed by atoms with Crippen LogP contribution in [0.25, 0.3) is 11.8 Å². The molecule has 0 aliphatic heterocycles. The molecule has 0 radical (unpaired) electrons. The van der Waals surface area contributed by atoms with Gasteiger partial charge < -0.3 is 0 Å². The summed E-state index contributed by atoms with van der Waals surface area (Å²) in [5, 5.41) is 2.20. The molecule has 52 valence electrons. The molecule has 1 aliphatic rings. The molecule has 1 aromatic heterocycles. The third-order valence-electron chi connectivity index (χ3n) is 1.62. The first kappa shape index (κ1) is 6.18. The quantitative estimate of drug-likeness (QED) is 0.473. The van der Waals surface area contributed by atoms with Gasteiger partial charge in [0.2, 0.25) is 0 Å². The molecule has 0 amide bonds. The average Bonchev–Trinajstić information content (AvgIpc) is 2.04. The molecule has 0 bridgehead atoms. The Balaban J connectivity index is 3.03. The molecule has 0 fully saturated rings. The molecule has 0 aromatic carbocycles. The Morgan fingerprint density at radius 2 is 2.36 bits per heavy atom. The Bertz CT molecular complexity index is 470. The Kier molecular flexibility index (Phi) is 1.26. The maximum absolute atomic E-state index is 4.17. The highest BCUT2D eigenvalue weighted by atomic mass is 14.6. The van der Waals surface area contributed by atoms with Crippen molar-refractivity contribution in [2.45, 2.75) is 6.92 Å². The minimum Gasteiger partial charge on any atom is -0.261 e. The second-order valence-electron chi connectivity index (χ2n) is 2.52. The van der Waals surface area contributed by atoms with Crippen LogP contribution in [0, 0.1) is 6.92 Å². The monoisotopic (exact) mass is 141 g/mol. The predicted octanol–water partition coefficient (Wildman–Crippen LogP) is 0.275. The topological polar surface area (TPSA) is 12.9 Å². The van der Waals surface area contributed by atoms with Crippen molar-refractivity contribution in [3.8, 4) is 0 Å². The molecule has 1 heteroatoms. The van der Waals surface area contributed by atoms with E-state index in [4.69, 9.17) is 0 Å². The van der Waals surface area contributed by atoms with Crippen LogP contribution >= 0.6 is 0 Å². The van der Waals surface area contributed by atoms with E-state index in [2.05, 4.69) is 16.4 Å². The molecule has 2 rings (SSSR count). The molecule has 0 saturated heterocycles. The van der Waals surface area contributed by atoms with Crippen LogP contribution in [0.3, 0.4) is 0 Å². The smallest absolute Gasteiger partial charge is 0.0385 e. The molecule has 1 aliphatic carbocycles. The van der Waals surface area contributed by atoms with Crippen LogP contribution in [0.5, 0.6) is 0 Å². The van der Waals surface area contributed by atoms with Crippen LogP contribution in [-0.4, -0.2) is 4.98 Å². The van der Waals surface area contributed by atoms with Gasteiger partial charge >= 0.3 is 0 Å². The highest BCUT2D eigenvalue weighted by Crippen LogP contribution is 1.80. The molecular formula is C10H7N. The molecule has 0 unspecified atom stereocenters. The van der Waals surface area contributed by atoms with E-state index in [0.717, 1.165) is 16.1 Å². The highest BCUT2D eigenvalue weighted by molar-refractivity contribution is 5.43. The van der Waals surface area contributed by atoms with E-state index in [1.807, 2.05) is 31.3 Å². The van der Waals surface area contributed by atoms with Gasteiger partial charge in [0.05, 0.1) is 0 Å². The van der Waals surface area contributed by atoms with Crippen molar-refractivity contribution in [3.05, 3.63) is 40.2 Å². The zero-order valence-electron chi connectivity index (χ0n) is 6.26. The van der Waals surface area contributed by atoms with Gasteiger partial charge in [0, 0.05) is 22.3 Å². The third-order valence-corrected chi connectivity index (χ3v) is 1.62. The van der Waals surface area contributed by atoms with Crippen molar-refractivity contribution >= 4 is 11.8 Å². The molecule has 1 aromatic rings. The van der Waals surface area contributed by atoms with Gasteiger partial charge in [-0.3, -0.25) is 4.98 Å². The summed E-state index contributed by atoms with van der Waals surface area (Å²) in [6, 6.07) is 2.01. The summed E-state index contributed by atoms with van der Waals surface area (Å²) in [5.41, 5.74) is 6.96. The van der Waals surface area contributed by atoms with E-state index in [1.165, 1.54) is 0 Å². The van der Waals surface area contributed by atoms with Gasteiger partial charge in [-0.05, 0) is 25.1 Å². The normalized spacial score (nSPS) is 11.7. The molecule has 0 spiro atoms. The van der Waals surface area contributed by atoms with E-state index in [9.17, 15) is 0 Å². The summed E-state index contributed by atoms with van der Waals surface area (Å²) in [6.45, 7) is 1.97. The second-order valence-corrected chi connectivity index (χ2v) is 2.52. The van der Waals surface area contributed by atoms with Gasteiger partial charge in [0.1, 0.15) is 0 Å². The van der Waals surface area contributed by atoms with E-state index in [-0.39, 0.29) is 0 Å². The molecule has 0 saturated carbocycles. The number of pyridine rings is 1. The summed E-state index contributed by atoms with van der Waals surface area (Å²) >= 11 is 0. The van der Waals surface area contributed by atoms with Gasteiger partial charge in [-0.2, -0.15) is 0 Å². The van der Waals surface area contributed by atoms with Crippen LogP contribution in [0.4, 0.5) is 0 Å². The molecule has 11 heavy (non-hydrogen) atoms. The maximum atomic E-state index is 4.17. The van der Waals surface area contributed by atoms with E-state index < -0.39 is 0 Å². The zero-order valence-corrected chi connectivity index (χ0v) is 6.26. The van der Waals surface area contributed by atoms with Crippen molar-refractivity contribution in [1.29, 1.82) is 0 Å². The maximum Gasteiger partial charge on any atom is 0.0385 e. The number of aromatic nitrogens is 1. The second kappa shape index (κ2) is 2.25. The number of nitrogens with zero attached hydrogens (tertiary/aromatic N) is 1. The predicted molar refractivity (Wildman–Crippen MR) is 44.2 cm³/mol. The summed E-state index contributed by atoms with van der Waals surface area (Å²) in [6.07, 6.45) is 5.69. The first-order chi connectivity index (χ1) is 5.36. The van der Waals surface area contributed by atoms with Gasteiger partial charge in [0.15, 0.2) is 0 Å². The van der Waals surface area contributed by atoms with E-state index >= 15 is 0 Å². The summed E-state index contributed by atoms with van der Waals surface area (Å²) < 4.78 is 0. The van der Waals surface area contributed by atoms with Crippen molar-refractivity contribution in [1.82, 2.24) is 4.98 Å². The van der Waals surface area contributed by atoms with Crippen molar-refractivity contribution in [2.75, 3.05) is 0 Å². The first-order valence-electron chi connectivity index (χ1n) is 3.51. The fourth-order valence-electron chi connectivity index (χ4n) is 1.06. The van der Waals surface area contributed by atoms with E-state index in [1.54, 1.807) is 0 Å². The fourth-order valence-corrected chi connectivity index (χ4v) is 1.06. The van der Waals surface area contributed by atoms with Crippen molar-refractivity contribution in [2.24, 2.45) is 0 Å². The number of allylic oxidation sites excluding steroid dienone is 1. The Morgan fingerprint density at radius 3 is 3.27 bits per heavy atom. The fraction of sp³-hybridized carbons (Fsp3) is 0.100. The lowest BCUT2D eigenvalue weighted by Crippen LogP contribution is -2.24. The van der Waals surface area contributed by atoms with Crippen LogP contribution < -0.4 is 10.4 Å². The van der Waals surface area contributed by atoms with Gasteiger partial charge in [0.25, 0.3) is 0 Å². The number of hydrogen-bond donors (Lipinski definition) is 0. The minimum atomic E-state index is 1.02. The van der Waals surface area contributed by atoms with Crippen LogP contribution in [0.2, 0.25) is 0 Å². The SMILES string of the molecule is Cc1cc2c(cn1)=CC=C=C=2. The molecule has 1 nitrogen and oxygen atoms in total. The number of rotatable bonds is 0. The zero-order chi connectivity index (χ0) is 7.68. The Labute approximate surface area is 64.7 Å². The largest absolute Gasteiger partial charge is 0.261 e. The number of aryl methyl sites for hydroxylation is 1. The molecule has 0 atom stereocenters. The van der Waals surface area contributed by atoms with E-state index in [0.29, 0.717) is 0 Å². The van der Waals surface area contributed by atoms with Crippen molar-refractivity contribution in [3.63, 3.8) is 0 Å². The lowest BCUT2D eigenvalue weighted by atomic mass is 10.2. The summed E-state index contributed by atoms with van der Waals surface area (Å²) in [5.74, 6) is 0. The molecule has 0 N–H and O–H groups in total. The number of hydrogen-bond acceptors (Lipinski definition) is 1. The Morgan fingerprint density at radius 1 is 1.45 bits per heavy atom.